The molecule has 0 radical (unpaired) electrons. The van der Waals surface area contributed by atoms with E-state index in [0.717, 1.165) is 37.1 Å². The number of ether oxygens (including phenoxy) is 2. The van der Waals surface area contributed by atoms with Crippen LogP contribution in [0, 0.1) is 23.2 Å². The monoisotopic (exact) mass is 676 g/mol. The minimum Gasteiger partial charge on any atom is -0.449 e. The minimum atomic E-state index is -0.795. The molecule has 3 amide bonds. The molecule has 5 atom stereocenters. The number of carbonyl (C=O) groups excluding carboxylic acids is 4. The van der Waals surface area contributed by atoms with Crippen LogP contribution in [-0.4, -0.2) is 94.8 Å². The van der Waals surface area contributed by atoms with E-state index in [1.165, 1.54) is 0 Å². The molecule has 6 N–H and O–H groups in total. The van der Waals surface area contributed by atoms with Gasteiger partial charge in [-0.2, -0.15) is 0 Å². The van der Waals surface area contributed by atoms with E-state index in [1.54, 1.807) is 4.68 Å². The first-order chi connectivity index (χ1) is 22.3. The minimum absolute atomic E-state index is 0.0715. The summed E-state index contributed by atoms with van der Waals surface area (Å²) in [6, 6.07) is -1.44. The second kappa shape index (κ2) is 16.5. The van der Waals surface area contributed by atoms with E-state index in [9.17, 15) is 19.2 Å². The predicted molar refractivity (Wildman–Crippen MR) is 182 cm³/mol. The van der Waals surface area contributed by atoms with E-state index in [-0.39, 0.29) is 60.7 Å². The Labute approximate surface area is 285 Å². The lowest BCUT2D eigenvalue weighted by Gasteiger charge is -2.30. The van der Waals surface area contributed by atoms with Gasteiger partial charge in [0.05, 0.1) is 43.8 Å². The smallest absolute Gasteiger partial charge is 0.407 e. The number of nitrogens with one attached hydrogen (secondary N) is 4. The molecule has 48 heavy (non-hydrogen) atoms. The highest BCUT2D eigenvalue weighted by molar-refractivity contribution is 5.93. The molecular formula is C34H60N8O6. The van der Waals surface area contributed by atoms with Crippen LogP contribution in [0.5, 0.6) is 0 Å². The van der Waals surface area contributed by atoms with E-state index in [2.05, 4.69) is 31.6 Å². The largest absolute Gasteiger partial charge is 0.449 e. The number of nitrogens with two attached hydrogens (primary N) is 1. The van der Waals surface area contributed by atoms with Crippen LogP contribution in [0.1, 0.15) is 93.0 Å². The Morgan fingerprint density at radius 2 is 1.60 bits per heavy atom. The van der Waals surface area contributed by atoms with Crippen LogP contribution in [0.3, 0.4) is 0 Å². The molecule has 0 saturated heterocycles. The van der Waals surface area contributed by atoms with Crippen LogP contribution in [0.2, 0.25) is 0 Å². The standard InChI is InChI=1S/C34H60N8O6/c1-32(2,3)29(44)26(37-30(45)25(18-35)38-33(4,5)6)19-42-27-13-11-22-21(10-12-24(27)40-41-42)23(22)20-48-31(46)36-15-17-47-16-14-28(43)39-34(7,8)9/h21-23,25-26,38H,10-20,35H2,1-9H3,(H,36,46)(H,37,45)(H,39,43). The molecular weight excluding hydrogens is 616 g/mol. The number of hydrogen-bond acceptors (Lipinski definition) is 10. The predicted octanol–water partition coefficient (Wildman–Crippen LogP) is 1.88. The van der Waals surface area contributed by atoms with Gasteiger partial charge in [0.2, 0.25) is 11.8 Å². The summed E-state index contributed by atoms with van der Waals surface area (Å²) in [7, 11) is 0. The lowest BCUT2D eigenvalue weighted by molar-refractivity contribution is -0.133. The van der Waals surface area contributed by atoms with Crippen molar-refractivity contribution in [3.63, 3.8) is 0 Å². The highest BCUT2D eigenvalue weighted by Crippen LogP contribution is 2.52. The van der Waals surface area contributed by atoms with Crippen LogP contribution in [0.4, 0.5) is 4.79 Å². The van der Waals surface area contributed by atoms with Crippen LogP contribution in [0.15, 0.2) is 0 Å². The van der Waals surface area contributed by atoms with Gasteiger partial charge in [-0.15, -0.1) is 5.10 Å². The van der Waals surface area contributed by atoms with E-state index >= 15 is 0 Å². The van der Waals surface area contributed by atoms with E-state index in [1.807, 2.05) is 62.3 Å². The molecule has 3 rings (SSSR count). The van der Waals surface area contributed by atoms with Gasteiger partial charge >= 0.3 is 6.09 Å². The van der Waals surface area contributed by atoms with Crippen molar-refractivity contribution in [3.05, 3.63) is 11.4 Å². The van der Waals surface area contributed by atoms with Gasteiger partial charge < -0.3 is 36.5 Å². The molecule has 0 aromatic carbocycles. The zero-order chi connectivity index (χ0) is 35.9. The summed E-state index contributed by atoms with van der Waals surface area (Å²) in [5, 5.41) is 20.7. The van der Waals surface area contributed by atoms with Gasteiger partial charge in [0.25, 0.3) is 0 Å². The van der Waals surface area contributed by atoms with E-state index in [4.69, 9.17) is 15.2 Å². The summed E-state index contributed by atoms with van der Waals surface area (Å²) >= 11 is 0. The molecule has 1 heterocycles. The summed E-state index contributed by atoms with van der Waals surface area (Å²) in [6.07, 6.45) is 3.08. The van der Waals surface area contributed by atoms with Crippen LogP contribution < -0.4 is 27.0 Å². The van der Waals surface area contributed by atoms with Crippen molar-refractivity contribution in [2.45, 2.75) is 124 Å². The third-order valence-corrected chi connectivity index (χ3v) is 8.65. The first kappa shape index (κ1) is 39.3. The number of ketones is 1. The number of hydrogen-bond donors (Lipinski definition) is 5. The number of amides is 3. The van der Waals surface area contributed by atoms with E-state index < -0.39 is 23.6 Å². The topological polar surface area (TPSA) is 192 Å². The van der Waals surface area contributed by atoms with Crippen molar-refractivity contribution in [1.29, 1.82) is 0 Å². The molecule has 14 nitrogen and oxygen atoms in total. The van der Waals surface area contributed by atoms with Crippen molar-refractivity contribution in [2.75, 3.05) is 32.9 Å². The number of fused-ring (bicyclic) bond motifs is 2. The molecule has 1 fully saturated rings. The van der Waals surface area contributed by atoms with Crippen LogP contribution in [-0.2, 0) is 43.2 Å². The first-order valence-corrected chi connectivity index (χ1v) is 17.3. The zero-order valence-corrected chi connectivity index (χ0v) is 30.5. The average Bonchev–Trinajstić information content (AvgIpc) is 3.47. The summed E-state index contributed by atoms with van der Waals surface area (Å²) in [4.78, 5) is 50.9. The Kier molecular flexibility index (Phi) is 13.6. The maximum absolute atomic E-state index is 13.5. The highest BCUT2D eigenvalue weighted by atomic mass is 16.5. The first-order valence-electron chi connectivity index (χ1n) is 17.3. The second-order valence-corrected chi connectivity index (χ2v) is 16.3. The second-order valence-electron chi connectivity index (χ2n) is 16.3. The summed E-state index contributed by atoms with van der Waals surface area (Å²) in [5.74, 6) is 0.688. The molecule has 1 aromatic rings. The molecule has 0 bridgehead atoms. The van der Waals surface area contributed by atoms with Gasteiger partial charge in [0, 0.05) is 36.0 Å². The third-order valence-electron chi connectivity index (χ3n) is 8.65. The fourth-order valence-electron chi connectivity index (χ4n) is 6.33. The van der Waals surface area contributed by atoms with Crippen LogP contribution >= 0.6 is 0 Å². The highest BCUT2D eigenvalue weighted by Gasteiger charge is 2.50. The van der Waals surface area contributed by atoms with Crippen molar-refractivity contribution in [3.8, 4) is 0 Å². The molecule has 5 unspecified atom stereocenters. The number of rotatable bonds is 15. The van der Waals surface area contributed by atoms with Crippen molar-refractivity contribution >= 4 is 23.7 Å². The molecule has 272 valence electrons. The number of aromatic nitrogens is 3. The Balaban J connectivity index is 1.49. The normalized spacial score (nSPS) is 20.7. The van der Waals surface area contributed by atoms with Crippen molar-refractivity contribution in [1.82, 2.24) is 36.3 Å². The fraction of sp³-hybridized carbons (Fsp3) is 0.824. The number of alkyl carbamates (subject to hydrolysis) is 1. The molecule has 0 spiro atoms. The Bertz CT molecular complexity index is 1260. The van der Waals surface area contributed by atoms with Gasteiger partial charge in [0.1, 0.15) is 6.04 Å². The lowest BCUT2D eigenvalue weighted by Crippen LogP contribution is -2.58. The third kappa shape index (κ3) is 12.4. The molecule has 14 heteroatoms. The van der Waals surface area contributed by atoms with Gasteiger partial charge in [0.15, 0.2) is 5.78 Å². The Hall–Kier alpha value is -3.10. The van der Waals surface area contributed by atoms with Gasteiger partial charge in [-0.25, -0.2) is 9.48 Å². The van der Waals surface area contributed by atoms with Crippen LogP contribution in [0.25, 0.3) is 0 Å². The van der Waals surface area contributed by atoms with Gasteiger partial charge in [-0.05, 0) is 85.0 Å². The number of aryl methyl sites for hydroxylation is 1. The quantitative estimate of drug-likeness (QED) is 0.171. The van der Waals surface area contributed by atoms with Gasteiger partial charge in [-0.1, -0.05) is 26.0 Å². The number of carbonyl (C=O) groups is 4. The summed E-state index contributed by atoms with van der Waals surface area (Å²) in [6.45, 7) is 18.7. The summed E-state index contributed by atoms with van der Waals surface area (Å²) < 4.78 is 12.8. The van der Waals surface area contributed by atoms with Crippen molar-refractivity contribution in [2.24, 2.45) is 28.9 Å². The zero-order valence-electron chi connectivity index (χ0n) is 30.5. The fourth-order valence-corrected chi connectivity index (χ4v) is 6.33. The maximum atomic E-state index is 13.5. The summed E-state index contributed by atoms with van der Waals surface area (Å²) in [5.41, 5.74) is 6.53. The molecule has 1 saturated carbocycles. The molecule has 2 aliphatic rings. The number of nitrogens with zero attached hydrogens (tertiary/aromatic N) is 3. The Morgan fingerprint density at radius 1 is 0.938 bits per heavy atom. The average molecular weight is 677 g/mol. The van der Waals surface area contributed by atoms with E-state index in [0.29, 0.717) is 31.6 Å². The SMILES string of the molecule is CC(C)(C)NC(=O)CCOCCNC(=O)OCC1C2CCc3nnn(CC(NC(=O)C(CN)NC(C)(C)C)C(=O)C(C)(C)C)c3CCC21. The Morgan fingerprint density at radius 3 is 2.21 bits per heavy atom. The lowest BCUT2D eigenvalue weighted by atomic mass is 9.86. The van der Waals surface area contributed by atoms with Gasteiger partial charge in [-0.3, -0.25) is 14.4 Å². The molecule has 1 aromatic heterocycles. The van der Waals surface area contributed by atoms with Crippen molar-refractivity contribution < 1.29 is 28.7 Å². The maximum Gasteiger partial charge on any atom is 0.407 e. The number of Topliss-reactive ketones (excluding diaryl/α,β-unsaturated/α-hetero) is 1. The molecule has 0 aliphatic heterocycles. The molecule has 2 aliphatic carbocycles.